The Labute approximate surface area is 284 Å². The highest BCUT2D eigenvalue weighted by molar-refractivity contribution is 7.90. The molecular formula is C34H44ClFN6O4S. The van der Waals surface area contributed by atoms with E-state index in [0.717, 1.165) is 18.5 Å². The number of halogens is 2. The van der Waals surface area contributed by atoms with E-state index < -0.39 is 34.2 Å². The lowest BCUT2D eigenvalue weighted by molar-refractivity contribution is 0.0130. The molecule has 254 valence electrons. The van der Waals surface area contributed by atoms with Crippen LogP contribution in [0.5, 0.6) is 0 Å². The molecule has 0 spiro atoms. The maximum Gasteiger partial charge on any atom is 0.410 e. The third-order valence-corrected chi connectivity index (χ3v) is 9.03. The molecule has 0 radical (unpaired) electrons. The smallest absolute Gasteiger partial charge is 0.410 e. The van der Waals surface area contributed by atoms with Crippen molar-refractivity contribution in [2.24, 2.45) is 5.92 Å². The summed E-state index contributed by atoms with van der Waals surface area (Å²) in [5.41, 5.74) is -0.418. The molecule has 47 heavy (non-hydrogen) atoms. The Morgan fingerprint density at radius 1 is 1.13 bits per heavy atom. The van der Waals surface area contributed by atoms with Gasteiger partial charge < -0.3 is 19.5 Å². The number of anilines is 1. The highest BCUT2D eigenvalue weighted by atomic mass is 35.5. The second kappa shape index (κ2) is 14.3. The van der Waals surface area contributed by atoms with Gasteiger partial charge in [0.15, 0.2) is 0 Å². The summed E-state index contributed by atoms with van der Waals surface area (Å²) in [5.74, 6) is -1.16. The van der Waals surface area contributed by atoms with E-state index in [1.807, 2.05) is 61.5 Å². The molecule has 0 aromatic carbocycles. The molecule has 1 aliphatic rings. The average Bonchev–Trinajstić information content (AvgIpc) is 3.28. The second-order valence-corrected chi connectivity index (χ2v) is 16.1. The van der Waals surface area contributed by atoms with Gasteiger partial charge in [0.05, 0.1) is 22.3 Å². The number of aromatic nitrogens is 3. The summed E-state index contributed by atoms with van der Waals surface area (Å²) in [7, 11) is 0. The fourth-order valence-corrected chi connectivity index (χ4v) is 6.38. The molecule has 4 heterocycles. The van der Waals surface area contributed by atoms with Crippen LogP contribution in [0.2, 0.25) is 5.02 Å². The molecule has 10 nitrogen and oxygen atoms in total. The Morgan fingerprint density at radius 2 is 1.85 bits per heavy atom. The predicted molar refractivity (Wildman–Crippen MR) is 181 cm³/mol. The molecule has 1 saturated heterocycles. The number of likely N-dealkylation sites (tertiary alicyclic amines) is 1. The van der Waals surface area contributed by atoms with Gasteiger partial charge in [0, 0.05) is 35.5 Å². The number of ether oxygens (including phenoxy) is 1. The van der Waals surface area contributed by atoms with E-state index >= 15 is 0 Å². The molecule has 2 amide bonds. The minimum Gasteiger partial charge on any atom is -0.587 e. The van der Waals surface area contributed by atoms with E-state index in [2.05, 4.69) is 25.0 Å². The van der Waals surface area contributed by atoms with Crippen molar-refractivity contribution in [1.29, 1.82) is 0 Å². The second-order valence-electron chi connectivity index (χ2n) is 14.5. The highest BCUT2D eigenvalue weighted by Gasteiger charge is 2.43. The number of carbonyl (C=O) groups is 2. The zero-order valence-electron chi connectivity index (χ0n) is 28.2. The zero-order chi connectivity index (χ0) is 34.7. The lowest BCUT2D eigenvalue weighted by Gasteiger charge is -2.33. The van der Waals surface area contributed by atoms with Gasteiger partial charge >= 0.3 is 6.09 Å². The molecule has 1 aliphatic heterocycles. The Kier molecular flexibility index (Phi) is 11.1. The number of pyridine rings is 3. The van der Waals surface area contributed by atoms with Crippen LogP contribution in [0, 0.1) is 11.9 Å². The van der Waals surface area contributed by atoms with Crippen molar-refractivity contribution in [2.45, 2.75) is 102 Å². The quantitative estimate of drug-likeness (QED) is 0.176. The lowest BCUT2D eigenvalue weighted by atomic mass is 9.91. The summed E-state index contributed by atoms with van der Waals surface area (Å²) in [6, 6.07) is 11.1. The van der Waals surface area contributed by atoms with Crippen LogP contribution < -0.4 is 10.0 Å². The van der Waals surface area contributed by atoms with E-state index in [0.29, 0.717) is 29.5 Å². The number of nitrogens with zero attached hydrogens (tertiary/aromatic N) is 4. The zero-order valence-corrected chi connectivity index (χ0v) is 29.8. The van der Waals surface area contributed by atoms with Gasteiger partial charge in [-0.25, -0.2) is 9.78 Å². The topological polar surface area (TPSA) is 132 Å². The molecule has 1 fully saturated rings. The van der Waals surface area contributed by atoms with E-state index in [1.165, 1.54) is 12.1 Å². The van der Waals surface area contributed by atoms with Crippen molar-refractivity contribution in [3.63, 3.8) is 0 Å². The van der Waals surface area contributed by atoms with Gasteiger partial charge in [0.1, 0.15) is 22.8 Å². The largest absolute Gasteiger partial charge is 0.587 e. The fraction of sp³-hybridized carbons (Fsp3) is 0.500. The van der Waals surface area contributed by atoms with Gasteiger partial charge in [-0.15, -0.1) is 0 Å². The fourth-order valence-electron chi connectivity index (χ4n) is 5.50. The third kappa shape index (κ3) is 9.77. The minimum absolute atomic E-state index is 0.0800. The minimum atomic E-state index is -2.08. The van der Waals surface area contributed by atoms with Gasteiger partial charge in [0.2, 0.25) is 5.95 Å². The highest BCUT2D eigenvalue weighted by Crippen LogP contribution is 2.38. The summed E-state index contributed by atoms with van der Waals surface area (Å²) in [6.07, 6.45) is 3.50. The average molecular weight is 687 g/mol. The van der Waals surface area contributed by atoms with Crippen LogP contribution in [0.1, 0.15) is 102 Å². The Balaban J connectivity index is 1.46. The molecule has 13 heteroatoms. The summed E-state index contributed by atoms with van der Waals surface area (Å²) in [6.45, 7) is 15.9. The van der Waals surface area contributed by atoms with Crippen LogP contribution in [-0.4, -0.2) is 54.1 Å². The van der Waals surface area contributed by atoms with E-state index in [9.17, 15) is 18.5 Å². The maximum atomic E-state index is 14.7. The van der Waals surface area contributed by atoms with E-state index in [1.54, 1.807) is 35.4 Å². The summed E-state index contributed by atoms with van der Waals surface area (Å²) >= 11 is 4.04. The molecule has 0 saturated carbocycles. The molecule has 0 bridgehead atoms. The van der Waals surface area contributed by atoms with Crippen molar-refractivity contribution >= 4 is 40.8 Å². The molecule has 0 aliphatic carbocycles. The standard InChI is InChI=1S/C34H44ClFN6O4S/c1-32(2,3)26-17-14-23(29(36)39-26)30(43)41-47(45)28-11-9-10-27(40-28)38-25(24-16-13-22(35)19-37-24)15-12-21-18-34(7,8)42(20-21)31(44)46-33(4,5)6/h9-11,13-14,16-17,19,21,25H,12,15,18,20H2,1-8H3,(H,38,40)(H,41,43). The van der Waals surface area contributed by atoms with Gasteiger partial charge in [-0.3, -0.25) is 9.78 Å². The number of carbonyl (C=O) groups excluding carboxylic acids is 2. The molecular weight excluding hydrogens is 643 g/mol. The Hall–Kier alpha value is -3.48. The van der Waals surface area contributed by atoms with Gasteiger partial charge in [-0.05, 0) is 90.1 Å². The first-order chi connectivity index (χ1) is 21.8. The number of hydrogen-bond donors (Lipinski definition) is 2. The number of amides is 2. The SMILES string of the molecule is CC(C)(C)OC(=O)N1CC(CCC(Nc2cccc([S+]([O-])NC(=O)c3ccc(C(C)(C)C)nc3F)n2)c2ccc(Cl)cn2)CC1(C)C. The van der Waals surface area contributed by atoms with Crippen molar-refractivity contribution < 1.29 is 23.3 Å². The van der Waals surface area contributed by atoms with Crippen LogP contribution in [0.4, 0.5) is 15.0 Å². The summed E-state index contributed by atoms with van der Waals surface area (Å²) in [5, 5.41) is 3.98. The van der Waals surface area contributed by atoms with Gasteiger partial charge in [-0.2, -0.15) is 14.1 Å². The molecule has 2 N–H and O–H groups in total. The van der Waals surface area contributed by atoms with E-state index in [-0.39, 0.29) is 34.2 Å². The molecule has 3 unspecified atom stereocenters. The molecule has 4 rings (SSSR count). The first kappa shape index (κ1) is 36.4. The number of nitrogens with one attached hydrogen (secondary N) is 2. The number of hydrogen-bond acceptors (Lipinski definition) is 8. The molecule has 3 atom stereocenters. The van der Waals surface area contributed by atoms with E-state index in [4.69, 9.17) is 16.3 Å². The Bertz CT molecular complexity index is 1580. The number of rotatable bonds is 9. The van der Waals surface area contributed by atoms with Crippen LogP contribution in [-0.2, 0) is 21.5 Å². The van der Waals surface area contributed by atoms with Crippen LogP contribution >= 0.6 is 11.6 Å². The van der Waals surface area contributed by atoms with Crippen LogP contribution in [0.25, 0.3) is 0 Å². The summed E-state index contributed by atoms with van der Waals surface area (Å²) in [4.78, 5) is 40.5. The third-order valence-electron chi connectivity index (χ3n) is 7.83. The summed E-state index contributed by atoms with van der Waals surface area (Å²) < 4.78 is 35.8. The van der Waals surface area contributed by atoms with Crippen LogP contribution in [0.15, 0.2) is 53.7 Å². The van der Waals surface area contributed by atoms with Crippen molar-refractivity contribution in [2.75, 3.05) is 11.9 Å². The van der Waals surface area contributed by atoms with Crippen molar-refractivity contribution in [3.8, 4) is 0 Å². The monoisotopic (exact) mass is 686 g/mol. The van der Waals surface area contributed by atoms with Crippen molar-refractivity contribution in [1.82, 2.24) is 24.6 Å². The molecule has 3 aromatic rings. The Morgan fingerprint density at radius 3 is 2.47 bits per heavy atom. The lowest BCUT2D eigenvalue weighted by Crippen LogP contribution is -2.45. The van der Waals surface area contributed by atoms with Gasteiger partial charge in [0.25, 0.3) is 10.9 Å². The normalized spacial score (nSPS) is 17.6. The van der Waals surface area contributed by atoms with Crippen LogP contribution in [0.3, 0.4) is 0 Å². The van der Waals surface area contributed by atoms with Gasteiger partial charge in [-0.1, -0.05) is 38.4 Å². The molecule has 3 aromatic heterocycles. The van der Waals surface area contributed by atoms with Crippen molar-refractivity contribution in [3.05, 3.63) is 76.6 Å². The maximum absolute atomic E-state index is 14.7. The predicted octanol–water partition coefficient (Wildman–Crippen LogP) is 7.38. The first-order valence-electron chi connectivity index (χ1n) is 15.6. The first-order valence-corrected chi connectivity index (χ1v) is 17.1.